The van der Waals surface area contributed by atoms with Gasteiger partial charge in [-0.2, -0.15) is 0 Å². The lowest BCUT2D eigenvalue weighted by molar-refractivity contribution is 0.187. The Morgan fingerprint density at radius 2 is 1.84 bits per heavy atom. The molecule has 1 aliphatic rings. The van der Waals surface area contributed by atoms with Gasteiger partial charge in [-0.15, -0.1) is 0 Å². The van der Waals surface area contributed by atoms with E-state index in [4.69, 9.17) is 4.74 Å². The van der Waals surface area contributed by atoms with E-state index in [2.05, 4.69) is 43.4 Å². The topological polar surface area (TPSA) is 21.3 Å². The van der Waals surface area contributed by atoms with E-state index in [1.807, 2.05) is 0 Å². The molecule has 2 nitrogen and oxygen atoms in total. The Morgan fingerprint density at radius 3 is 2.47 bits per heavy atom. The van der Waals surface area contributed by atoms with E-state index in [0.29, 0.717) is 6.04 Å². The zero-order valence-corrected chi connectivity index (χ0v) is 12.3. The van der Waals surface area contributed by atoms with Crippen LogP contribution in [0.15, 0.2) is 24.3 Å². The second-order valence-electron chi connectivity index (χ2n) is 5.69. The lowest BCUT2D eigenvalue weighted by Gasteiger charge is -2.30. The molecule has 19 heavy (non-hydrogen) atoms. The Hall–Kier alpha value is -1.02. The van der Waals surface area contributed by atoms with Crippen molar-refractivity contribution in [2.24, 2.45) is 5.92 Å². The summed E-state index contributed by atoms with van der Waals surface area (Å²) in [5, 5.41) is 3.61. The maximum absolute atomic E-state index is 5.97. The molecule has 0 saturated heterocycles. The van der Waals surface area contributed by atoms with Gasteiger partial charge >= 0.3 is 0 Å². The van der Waals surface area contributed by atoms with Crippen LogP contribution in [0, 0.1) is 12.8 Å². The zero-order chi connectivity index (χ0) is 13.5. The first-order valence-electron chi connectivity index (χ1n) is 7.72. The van der Waals surface area contributed by atoms with Crippen LogP contribution in [-0.4, -0.2) is 19.2 Å². The number of hydrogen-bond acceptors (Lipinski definition) is 2. The molecular weight excluding hydrogens is 234 g/mol. The van der Waals surface area contributed by atoms with Crippen LogP contribution >= 0.6 is 0 Å². The summed E-state index contributed by atoms with van der Waals surface area (Å²) in [7, 11) is 0. The Kier molecular flexibility index (Phi) is 5.71. The molecule has 1 aromatic carbocycles. The van der Waals surface area contributed by atoms with Crippen molar-refractivity contribution in [2.45, 2.75) is 52.0 Å². The molecule has 1 fully saturated rings. The van der Waals surface area contributed by atoms with Crippen molar-refractivity contribution < 1.29 is 4.74 Å². The Labute approximate surface area is 117 Å². The molecule has 0 radical (unpaired) electrons. The predicted octanol–water partition coefficient (Wildman–Crippen LogP) is 3.93. The van der Waals surface area contributed by atoms with Crippen LogP contribution in [0.4, 0.5) is 0 Å². The standard InChI is InChI=1S/C17H27NO/c1-3-18-17(15-7-5-4-6-8-15)13-19-16-11-9-14(2)10-12-16/h9-12,15,17-18H,3-8,13H2,1-2H3. The minimum atomic E-state index is 0.506. The molecule has 0 amide bonds. The third kappa shape index (κ3) is 4.54. The smallest absolute Gasteiger partial charge is 0.119 e. The van der Waals surface area contributed by atoms with E-state index in [1.165, 1.54) is 37.7 Å². The fraction of sp³-hybridized carbons (Fsp3) is 0.647. The quantitative estimate of drug-likeness (QED) is 0.837. The van der Waals surface area contributed by atoms with Gasteiger partial charge < -0.3 is 10.1 Å². The molecule has 0 aromatic heterocycles. The number of hydrogen-bond donors (Lipinski definition) is 1. The van der Waals surface area contributed by atoms with Gasteiger partial charge in [0.1, 0.15) is 12.4 Å². The number of aryl methyl sites for hydroxylation is 1. The van der Waals surface area contributed by atoms with Crippen molar-refractivity contribution in [3.8, 4) is 5.75 Å². The number of likely N-dealkylation sites (N-methyl/N-ethyl adjacent to an activating group) is 1. The maximum Gasteiger partial charge on any atom is 0.119 e. The first-order valence-corrected chi connectivity index (χ1v) is 7.72. The van der Waals surface area contributed by atoms with E-state index in [0.717, 1.165) is 24.8 Å². The normalized spacial score (nSPS) is 18.2. The number of benzene rings is 1. The van der Waals surface area contributed by atoms with Crippen molar-refractivity contribution in [3.63, 3.8) is 0 Å². The van der Waals surface area contributed by atoms with Gasteiger partial charge in [-0.3, -0.25) is 0 Å². The van der Waals surface area contributed by atoms with Gasteiger partial charge in [-0.05, 0) is 44.4 Å². The van der Waals surface area contributed by atoms with Crippen molar-refractivity contribution >= 4 is 0 Å². The molecule has 0 heterocycles. The number of nitrogens with one attached hydrogen (secondary N) is 1. The second kappa shape index (κ2) is 7.54. The molecule has 2 heteroatoms. The van der Waals surface area contributed by atoms with Gasteiger partial charge in [0.2, 0.25) is 0 Å². The third-order valence-electron chi connectivity index (χ3n) is 4.14. The molecule has 1 N–H and O–H groups in total. The predicted molar refractivity (Wildman–Crippen MR) is 80.7 cm³/mol. The molecule has 0 aliphatic heterocycles. The summed E-state index contributed by atoms with van der Waals surface area (Å²) in [5.74, 6) is 1.78. The van der Waals surface area contributed by atoms with Crippen molar-refractivity contribution in [2.75, 3.05) is 13.2 Å². The van der Waals surface area contributed by atoms with Crippen LogP contribution in [0.5, 0.6) is 5.75 Å². The van der Waals surface area contributed by atoms with Gasteiger partial charge in [-0.1, -0.05) is 43.9 Å². The lowest BCUT2D eigenvalue weighted by Crippen LogP contribution is -2.41. The molecule has 1 atom stereocenters. The molecule has 1 unspecified atom stereocenters. The minimum Gasteiger partial charge on any atom is -0.492 e. The summed E-state index contributed by atoms with van der Waals surface area (Å²) in [6.07, 6.45) is 6.90. The van der Waals surface area contributed by atoms with E-state index >= 15 is 0 Å². The average molecular weight is 261 g/mol. The SMILES string of the molecule is CCNC(COc1ccc(C)cc1)C1CCCCC1. The molecule has 0 bridgehead atoms. The van der Waals surface area contributed by atoms with Crippen LogP contribution < -0.4 is 10.1 Å². The van der Waals surface area contributed by atoms with Gasteiger partial charge in [0, 0.05) is 6.04 Å². The number of rotatable bonds is 6. The van der Waals surface area contributed by atoms with Crippen molar-refractivity contribution in [1.29, 1.82) is 0 Å². The summed E-state index contributed by atoms with van der Waals surface area (Å²) in [5.41, 5.74) is 1.28. The van der Waals surface area contributed by atoms with E-state index in [-0.39, 0.29) is 0 Å². The highest BCUT2D eigenvalue weighted by Crippen LogP contribution is 2.27. The van der Waals surface area contributed by atoms with Gasteiger partial charge in [0.15, 0.2) is 0 Å². The maximum atomic E-state index is 5.97. The first kappa shape index (κ1) is 14.4. The largest absolute Gasteiger partial charge is 0.492 e. The Bertz CT molecular complexity index is 354. The highest BCUT2D eigenvalue weighted by molar-refractivity contribution is 5.26. The molecular formula is C17H27NO. The van der Waals surface area contributed by atoms with Crippen LogP contribution in [0.3, 0.4) is 0 Å². The highest BCUT2D eigenvalue weighted by atomic mass is 16.5. The van der Waals surface area contributed by atoms with Crippen molar-refractivity contribution in [1.82, 2.24) is 5.32 Å². The molecule has 1 aromatic rings. The van der Waals surface area contributed by atoms with Crippen LogP contribution in [0.25, 0.3) is 0 Å². The van der Waals surface area contributed by atoms with E-state index in [9.17, 15) is 0 Å². The molecule has 1 aliphatic carbocycles. The molecule has 1 saturated carbocycles. The van der Waals surface area contributed by atoms with Gasteiger partial charge in [-0.25, -0.2) is 0 Å². The van der Waals surface area contributed by atoms with Crippen LogP contribution in [-0.2, 0) is 0 Å². The Morgan fingerprint density at radius 1 is 1.16 bits per heavy atom. The summed E-state index contributed by atoms with van der Waals surface area (Å²) in [6.45, 7) is 6.11. The zero-order valence-electron chi connectivity index (χ0n) is 12.3. The number of ether oxygens (including phenoxy) is 1. The Balaban J connectivity index is 1.87. The summed E-state index contributed by atoms with van der Waals surface area (Å²) >= 11 is 0. The summed E-state index contributed by atoms with van der Waals surface area (Å²) in [6, 6.07) is 8.86. The fourth-order valence-corrected chi connectivity index (χ4v) is 2.98. The minimum absolute atomic E-state index is 0.506. The molecule has 0 spiro atoms. The monoisotopic (exact) mass is 261 g/mol. The summed E-state index contributed by atoms with van der Waals surface area (Å²) < 4.78 is 5.97. The molecule has 106 valence electrons. The second-order valence-corrected chi connectivity index (χ2v) is 5.69. The fourth-order valence-electron chi connectivity index (χ4n) is 2.98. The lowest BCUT2D eigenvalue weighted by atomic mass is 9.84. The van der Waals surface area contributed by atoms with Gasteiger partial charge in [0.05, 0.1) is 0 Å². The molecule has 2 rings (SSSR count). The highest BCUT2D eigenvalue weighted by Gasteiger charge is 2.23. The van der Waals surface area contributed by atoms with Crippen LogP contribution in [0.1, 0.15) is 44.6 Å². The van der Waals surface area contributed by atoms with Crippen molar-refractivity contribution in [3.05, 3.63) is 29.8 Å². The first-order chi connectivity index (χ1) is 9.29. The average Bonchev–Trinajstić information content (AvgIpc) is 2.46. The van der Waals surface area contributed by atoms with E-state index < -0.39 is 0 Å². The third-order valence-corrected chi connectivity index (χ3v) is 4.14. The van der Waals surface area contributed by atoms with Gasteiger partial charge in [0.25, 0.3) is 0 Å². The van der Waals surface area contributed by atoms with Crippen LogP contribution in [0.2, 0.25) is 0 Å². The van der Waals surface area contributed by atoms with E-state index in [1.54, 1.807) is 0 Å². The summed E-state index contributed by atoms with van der Waals surface area (Å²) in [4.78, 5) is 0.